The highest BCUT2D eigenvalue weighted by Gasteiger charge is 2.19. The average Bonchev–Trinajstić information content (AvgIpc) is 2.49. The molecular formula is C18H24N2O2. The van der Waals surface area contributed by atoms with Crippen molar-refractivity contribution in [2.45, 2.75) is 39.3 Å². The summed E-state index contributed by atoms with van der Waals surface area (Å²) < 4.78 is 5.47. The largest absolute Gasteiger partial charge is 0.380 e. The number of hydrogen-bond acceptors (Lipinski definition) is 3. The smallest absolute Gasteiger partial charge is 0.189 e. The maximum absolute atomic E-state index is 12.4. The van der Waals surface area contributed by atoms with Gasteiger partial charge in [-0.2, -0.15) is 0 Å². The van der Waals surface area contributed by atoms with Crippen LogP contribution >= 0.6 is 0 Å². The molecule has 1 atom stereocenters. The van der Waals surface area contributed by atoms with E-state index in [1.807, 2.05) is 13.0 Å². The van der Waals surface area contributed by atoms with Crippen molar-refractivity contribution in [1.82, 2.24) is 9.88 Å². The molecule has 22 heavy (non-hydrogen) atoms. The summed E-state index contributed by atoms with van der Waals surface area (Å²) in [6, 6.07) is 5.83. The van der Waals surface area contributed by atoms with Crippen LogP contribution in [0.2, 0.25) is 0 Å². The Balaban J connectivity index is 1.90. The number of aromatic nitrogens is 1. The second-order valence-electron chi connectivity index (χ2n) is 6.40. The number of fused-ring (bicyclic) bond motifs is 1. The molecule has 0 spiro atoms. The number of likely N-dealkylation sites (tertiary alicyclic amines) is 1. The van der Waals surface area contributed by atoms with Crippen molar-refractivity contribution < 1.29 is 4.74 Å². The predicted molar refractivity (Wildman–Crippen MR) is 89.4 cm³/mol. The van der Waals surface area contributed by atoms with Crippen LogP contribution < -0.4 is 5.43 Å². The van der Waals surface area contributed by atoms with Gasteiger partial charge in [0.2, 0.25) is 0 Å². The molecule has 4 nitrogen and oxygen atoms in total. The lowest BCUT2D eigenvalue weighted by Gasteiger charge is -2.31. The Labute approximate surface area is 131 Å². The molecule has 0 bridgehead atoms. The fraction of sp³-hybridized carbons (Fsp3) is 0.500. The highest BCUT2D eigenvalue weighted by atomic mass is 16.5. The summed E-state index contributed by atoms with van der Waals surface area (Å²) in [6.07, 6.45) is 2.58. The molecular weight excluding hydrogens is 276 g/mol. The van der Waals surface area contributed by atoms with E-state index in [9.17, 15) is 4.79 Å². The first-order chi connectivity index (χ1) is 10.6. The van der Waals surface area contributed by atoms with Crippen molar-refractivity contribution in [3.8, 4) is 0 Å². The molecule has 3 rings (SSSR count). The van der Waals surface area contributed by atoms with Crippen molar-refractivity contribution >= 4 is 10.9 Å². The summed E-state index contributed by atoms with van der Waals surface area (Å²) in [5.41, 5.74) is 4.31. The number of rotatable bonds is 3. The monoisotopic (exact) mass is 300 g/mol. The van der Waals surface area contributed by atoms with Gasteiger partial charge in [0.1, 0.15) is 0 Å². The fourth-order valence-corrected chi connectivity index (χ4v) is 3.44. The van der Waals surface area contributed by atoms with Gasteiger partial charge in [-0.1, -0.05) is 6.07 Å². The Morgan fingerprint density at radius 3 is 2.91 bits per heavy atom. The first-order valence-electron chi connectivity index (χ1n) is 7.95. The van der Waals surface area contributed by atoms with Gasteiger partial charge in [-0.25, -0.2) is 0 Å². The van der Waals surface area contributed by atoms with Gasteiger partial charge in [-0.3, -0.25) is 9.69 Å². The van der Waals surface area contributed by atoms with Crippen LogP contribution in [0.1, 0.15) is 29.7 Å². The van der Waals surface area contributed by atoms with E-state index < -0.39 is 0 Å². The van der Waals surface area contributed by atoms with Crippen molar-refractivity contribution in [3.05, 3.63) is 45.2 Å². The maximum Gasteiger partial charge on any atom is 0.189 e. The van der Waals surface area contributed by atoms with Crippen LogP contribution in [0.15, 0.2) is 23.0 Å². The number of aromatic amines is 1. The van der Waals surface area contributed by atoms with E-state index in [0.717, 1.165) is 60.2 Å². The molecule has 1 aliphatic rings. The number of piperidine rings is 1. The SMILES string of the molecule is CO[C@H]1CCCN(Cc2cc(=O)c3cc(C)cc(C)c3[nH]2)C1. The topological polar surface area (TPSA) is 45.3 Å². The number of hydrogen-bond donors (Lipinski definition) is 1. The van der Waals surface area contributed by atoms with Gasteiger partial charge in [-0.15, -0.1) is 0 Å². The summed E-state index contributed by atoms with van der Waals surface area (Å²) in [5.74, 6) is 0. The summed E-state index contributed by atoms with van der Waals surface area (Å²) in [5, 5.41) is 0.787. The average molecular weight is 300 g/mol. The molecule has 0 unspecified atom stereocenters. The molecule has 0 amide bonds. The molecule has 2 heterocycles. The zero-order valence-corrected chi connectivity index (χ0v) is 13.6. The third-order valence-electron chi connectivity index (χ3n) is 4.53. The number of nitrogens with zero attached hydrogens (tertiary/aromatic N) is 1. The first kappa shape index (κ1) is 15.3. The molecule has 2 aromatic rings. The number of benzene rings is 1. The van der Waals surface area contributed by atoms with Gasteiger partial charge in [0.15, 0.2) is 5.43 Å². The molecule has 1 aromatic heterocycles. The van der Waals surface area contributed by atoms with Crippen LogP contribution in [0.5, 0.6) is 0 Å². The van der Waals surface area contributed by atoms with Gasteiger partial charge in [0.25, 0.3) is 0 Å². The molecule has 118 valence electrons. The molecule has 0 saturated carbocycles. The minimum absolute atomic E-state index is 0.107. The standard InChI is InChI=1S/C18H24N2O2/c1-12-7-13(2)18-16(8-12)17(21)9-14(19-18)10-20-6-4-5-15(11-20)22-3/h7-9,15H,4-6,10-11H2,1-3H3,(H,19,21)/t15-/m0/s1. The molecule has 0 aliphatic carbocycles. The maximum atomic E-state index is 12.4. The second kappa shape index (κ2) is 6.23. The van der Waals surface area contributed by atoms with Gasteiger partial charge in [-0.05, 0) is 50.4 Å². The molecule has 1 fully saturated rings. The highest BCUT2D eigenvalue weighted by Crippen LogP contribution is 2.18. The second-order valence-corrected chi connectivity index (χ2v) is 6.40. The molecule has 1 N–H and O–H groups in total. The lowest BCUT2D eigenvalue weighted by Crippen LogP contribution is -2.39. The van der Waals surface area contributed by atoms with Crippen LogP contribution in [0.25, 0.3) is 10.9 Å². The lowest BCUT2D eigenvalue weighted by molar-refractivity contribution is 0.0281. The van der Waals surface area contributed by atoms with Crippen molar-refractivity contribution in [1.29, 1.82) is 0 Å². The summed E-state index contributed by atoms with van der Waals surface area (Å²) >= 11 is 0. The summed E-state index contributed by atoms with van der Waals surface area (Å²) in [6.45, 7) is 6.85. The van der Waals surface area contributed by atoms with E-state index in [1.165, 1.54) is 0 Å². The van der Waals surface area contributed by atoms with Crippen LogP contribution in [-0.2, 0) is 11.3 Å². The molecule has 0 radical (unpaired) electrons. The zero-order chi connectivity index (χ0) is 15.7. The van der Waals surface area contributed by atoms with E-state index in [4.69, 9.17) is 4.74 Å². The summed E-state index contributed by atoms with van der Waals surface area (Å²) in [4.78, 5) is 18.2. The van der Waals surface area contributed by atoms with E-state index in [0.29, 0.717) is 6.10 Å². The van der Waals surface area contributed by atoms with Crippen LogP contribution in [-0.4, -0.2) is 36.2 Å². The van der Waals surface area contributed by atoms with Gasteiger partial charge in [0, 0.05) is 37.3 Å². The first-order valence-corrected chi connectivity index (χ1v) is 7.95. The molecule has 1 aliphatic heterocycles. The minimum atomic E-state index is 0.107. The zero-order valence-electron chi connectivity index (χ0n) is 13.6. The Morgan fingerprint density at radius 1 is 1.32 bits per heavy atom. The number of pyridine rings is 1. The minimum Gasteiger partial charge on any atom is -0.380 e. The Bertz CT molecular complexity index is 736. The van der Waals surface area contributed by atoms with Crippen LogP contribution in [0.3, 0.4) is 0 Å². The lowest BCUT2D eigenvalue weighted by atomic mass is 10.1. The number of aryl methyl sites for hydroxylation is 2. The number of H-pyrrole nitrogens is 1. The van der Waals surface area contributed by atoms with Crippen molar-refractivity contribution in [2.24, 2.45) is 0 Å². The third kappa shape index (κ3) is 3.08. The number of methoxy groups -OCH3 is 1. The van der Waals surface area contributed by atoms with E-state index in [2.05, 4.69) is 22.9 Å². The normalized spacial score (nSPS) is 19.7. The van der Waals surface area contributed by atoms with Gasteiger partial charge < -0.3 is 9.72 Å². The third-order valence-corrected chi connectivity index (χ3v) is 4.53. The molecule has 1 saturated heterocycles. The van der Waals surface area contributed by atoms with E-state index in [1.54, 1.807) is 13.2 Å². The quantitative estimate of drug-likeness (QED) is 0.948. The van der Waals surface area contributed by atoms with Crippen molar-refractivity contribution in [3.63, 3.8) is 0 Å². The number of ether oxygens (including phenoxy) is 1. The molecule has 4 heteroatoms. The van der Waals surface area contributed by atoms with Crippen LogP contribution in [0, 0.1) is 13.8 Å². The highest BCUT2D eigenvalue weighted by molar-refractivity contribution is 5.82. The van der Waals surface area contributed by atoms with Crippen molar-refractivity contribution in [2.75, 3.05) is 20.2 Å². The van der Waals surface area contributed by atoms with Gasteiger partial charge >= 0.3 is 0 Å². The fourth-order valence-electron chi connectivity index (χ4n) is 3.44. The molecule has 1 aromatic carbocycles. The Morgan fingerprint density at radius 2 is 2.14 bits per heavy atom. The Kier molecular flexibility index (Phi) is 4.32. The summed E-state index contributed by atoms with van der Waals surface area (Å²) in [7, 11) is 1.78. The van der Waals surface area contributed by atoms with Crippen LogP contribution in [0.4, 0.5) is 0 Å². The van der Waals surface area contributed by atoms with E-state index >= 15 is 0 Å². The van der Waals surface area contributed by atoms with Gasteiger partial charge in [0.05, 0.1) is 11.6 Å². The number of nitrogens with one attached hydrogen (secondary N) is 1. The predicted octanol–water partition coefficient (Wildman–Crippen LogP) is 2.76. The van der Waals surface area contributed by atoms with E-state index in [-0.39, 0.29) is 5.43 Å². The Hall–Kier alpha value is -1.65.